The van der Waals surface area contributed by atoms with Gasteiger partial charge in [-0.05, 0) is 18.2 Å². The van der Waals surface area contributed by atoms with E-state index in [0.29, 0.717) is 12.3 Å². The molecule has 21 heavy (non-hydrogen) atoms. The fourth-order valence-electron chi connectivity index (χ4n) is 2.09. The summed E-state index contributed by atoms with van der Waals surface area (Å²) < 4.78 is 6.37. The topological polar surface area (TPSA) is 58.6 Å². The third kappa shape index (κ3) is 3.63. The van der Waals surface area contributed by atoms with E-state index >= 15 is 0 Å². The number of amides is 2. The Labute approximate surface area is 131 Å². The molecule has 1 fully saturated rings. The molecule has 1 saturated heterocycles. The Kier molecular flexibility index (Phi) is 4.99. The zero-order valence-electron chi connectivity index (χ0n) is 11.6. The molecule has 1 aliphatic rings. The van der Waals surface area contributed by atoms with Gasteiger partial charge in [-0.25, -0.2) is 0 Å². The molecule has 1 aromatic rings. The van der Waals surface area contributed by atoms with Crippen LogP contribution in [0.4, 0.5) is 0 Å². The van der Waals surface area contributed by atoms with Crippen molar-refractivity contribution in [3.05, 3.63) is 28.2 Å². The Bertz CT molecular complexity index is 609. The van der Waals surface area contributed by atoms with Crippen molar-refractivity contribution in [3.63, 3.8) is 0 Å². The fourth-order valence-corrected chi connectivity index (χ4v) is 2.50. The molecule has 6 heteroatoms. The molecule has 1 atom stereocenters. The van der Waals surface area contributed by atoms with E-state index in [1.165, 1.54) is 7.05 Å². The summed E-state index contributed by atoms with van der Waals surface area (Å²) in [6.07, 6.45) is 5.38. The number of ether oxygens (including phenoxy) is 1. The summed E-state index contributed by atoms with van der Waals surface area (Å²) in [6, 6.07) is 5.07. The van der Waals surface area contributed by atoms with Crippen LogP contribution in [0.15, 0.2) is 22.7 Å². The van der Waals surface area contributed by atoms with E-state index < -0.39 is 6.04 Å². The largest absolute Gasteiger partial charge is 0.481 e. The van der Waals surface area contributed by atoms with Crippen LogP contribution in [0, 0.1) is 12.3 Å². The lowest BCUT2D eigenvalue weighted by atomic mass is 10.1. The minimum absolute atomic E-state index is 0.171. The number of hydrogen-bond donors (Lipinski definition) is 1. The molecule has 0 spiro atoms. The first kappa shape index (κ1) is 15.5. The maximum Gasteiger partial charge on any atom is 0.246 e. The van der Waals surface area contributed by atoms with E-state index in [2.05, 4.69) is 27.2 Å². The van der Waals surface area contributed by atoms with Gasteiger partial charge in [0, 0.05) is 23.6 Å². The van der Waals surface area contributed by atoms with E-state index in [-0.39, 0.29) is 24.8 Å². The molecule has 1 aromatic carbocycles. The van der Waals surface area contributed by atoms with Gasteiger partial charge in [0.2, 0.25) is 11.8 Å². The van der Waals surface area contributed by atoms with Gasteiger partial charge in [0.15, 0.2) is 0 Å². The van der Waals surface area contributed by atoms with Crippen molar-refractivity contribution in [2.75, 3.05) is 13.7 Å². The molecule has 1 N–H and O–H groups in total. The second-order valence-corrected chi connectivity index (χ2v) is 5.59. The van der Waals surface area contributed by atoms with Crippen LogP contribution in [0.1, 0.15) is 12.0 Å². The highest BCUT2D eigenvalue weighted by atomic mass is 79.9. The first-order valence-corrected chi connectivity index (χ1v) is 7.20. The summed E-state index contributed by atoms with van der Waals surface area (Å²) in [7, 11) is 1.49. The molecule has 0 aliphatic carbocycles. The Hall–Kier alpha value is -1.84. The average Bonchev–Trinajstić information content (AvgIpc) is 2.71. The molecule has 110 valence electrons. The Morgan fingerprint density at radius 3 is 2.90 bits per heavy atom. The van der Waals surface area contributed by atoms with Crippen molar-refractivity contribution >= 4 is 27.7 Å². The Balaban J connectivity index is 2.06. The Morgan fingerprint density at radius 1 is 1.52 bits per heavy atom. The smallest absolute Gasteiger partial charge is 0.246 e. The third-order valence-electron chi connectivity index (χ3n) is 3.25. The number of benzene rings is 1. The van der Waals surface area contributed by atoms with Gasteiger partial charge in [-0.1, -0.05) is 21.9 Å². The fraction of sp³-hybridized carbons (Fsp3) is 0.333. The van der Waals surface area contributed by atoms with Crippen molar-refractivity contribution < 1.29 is 14.3 Å². The number of terminal acetylenes is 1. The van der Waals surface area contributed by atoms with Gasteiger partial charge in [0.05, 0.1) is 12.5 Å². The van der Waals surface area contributed by atoms with Crippen molar-refractivity contribution in [2.45, 2.75) is 19.0 Å². The normalized spacial score (nSPS) is 18.0. The Morgan fingerprint density at radius 2 is 2.29 bits per heavy atom. The van der Waals surface area contributed by atoms with Crippen LogP contribution < -0.4 is 10.1 Å². The zero-order valence-corrected chi connectivity index (χ0v) is 13.1. The summed E-state index contributed by atoms with van der Waals surface area (Å²) >= 11 is 3.40. The highest BCUT2D eigenvalue weighted by molar-refractivity contribution is 9.10. The molecule has 2 rings (SSSR count). The SMILES string of the molecule is C#CCOc1ccc(Br)cc1CNC1CC(=O)N(C)C1=O. The van der Waals surface area contributed by atoms with Gasteiger partial charge < -0.3 is 10.1 Å². The van der Waals surface area contributed by atoms with Crippen molar-refractivity contribution in [3.8, 4) is 18.1 Å². The summed E-state index contributed by atoms with van der Waals surface area (Å²) in [5, 5.41) is 3.09. The molecule has 1 heterocycles. The van der Waals surface area contributed by atoms with Gasteiger partial charge in [-0.15, -0.1) is 6.42 Å². The van der Waals surface area contributed by atoms with E-state index in [1.807, 2.05) is 18.2 Å². The van der Waals surface area contributed by atoms with Gasteiger partial charge in [-0.3, -0.25) is 14.5 Å². The molecular formula is C15H15BrN2O3. The summed E-state index contributed by atoms with van der Waals surface area (Å²) in [6.45, 7) is 0.592. The van der Waals surface area contributed by atoms with Crippen molar-refractivity contribution in [2.24, 2.45) is 0 Å². The molecule has 0 radical (unpaired) electrons. The third-order valence-corrected chi connectivity index (χ3v) is 3.75. The van der Waals surface area contributed by atoms with Crippen LogP contribution >= 0.6 is 15.9 Å². The van der Waals surface area contributed by atoms with Gasteiger partial charge >= 0.3 is 0 Å². The monoisotopic (exact) mass is 350 g/mol. The van der Waals surface area contributed by atoms with Crippen molar-refractivity contribution in [1.82, 2.24) is 10.2 Å². The number of carbonyl (C=O) groups excluding carboxylic acids is 2. The van der Waals surface area contributed by atoms with Gasteiger partial charge in [0.1, 0.15) is 12.4 Å². The molecule has 0 saturated carbocycles. The van der Waals surface area contributed by atoms with Gasteiger partial charge in [-0.2, -0.15) is 0 Å². The summed E-state index contributed by atoms with van der Waals surface area (Å²) in [5.74, 6) is 2.70. The molecular weight excluding hydrogens is 336 g/mol. The number of nitrogens with one attached hydrogen (secondary N) is 1. The van der Waals surface area contributed by atoms with E-state index in [9.17, 15) is 9.59 Å². The first-order chi connectivity index (χ1) is 10.0. The van der Waals surface area contributed by atoms with Crippen LogP contribution in [-0.4, -0.2) is 36.4 Å². The zero-order chi connectivity index (χ0) is 15.4. The maximum absolute atomic E-state index is 11.8. The molecule has 2 amide bonds. The van der Waals surface area contributed by atoms with Crippen LogP contribution in [-0.2, 0) is 16.1 Å². The minimum atomic E-state index is -0.484. The van der Waals surface area contributed by atoms with Crippen LogP contribution in [0.2, 0.25) is 0 Å². The molecule has 0 bridgehead atoms. The van der Waals surface area contributed by atoms with E-state index in [4.69, 9.17) is 11.2 Å². The number of halogens is 1. The van der Waals surface area contributed by atoms with Crippen molar-refractivity contribution in [1.29, 1.82) is 0 Å². The number of imide groups is 1. The molecule has 1 unspecified atom stereocenters. The average molecular weight is 351 g/mol. The second kappa shape index (κ2) is 6.74. The predicted molar refractivity (Wildman–Crippen MR) is 81.5 cm³/mol. The minimum Gasteiger partial charge on any atom is -0.481 e. The predicted octanol–water partition coefficient (Wildman–Crippen LogP) is 1.31. The standard InChI is InChI=1S/C15H15BrN2O3/c1-3-6-21-13-5-4-11(16)7-10(13)9-17-12-8-14(19)18(2)15(12)20/h1,4-5,7,12,17H,6,8-9H2,2H3. The lowest BCUT2D eigenvalue weighted by Crippen LogP contribution is -2.36. The maximum atomic E-state index is 11.8. The van der Waals surface area contributed by atoms with E-state index in [0.717, 1.165) is 14.9 Å². The van der Waals surface area contributed by atoms with Crippen LogP contribution in [0.3, 0.4) is 0 Å². The second-order valence-electron chi connectivity index (χ2n) is 4.67. The highest BCUT2D eigenvalue weighted by Crippen LogP contribution is 2.24. The number of carbonyl (C=O) groups is 2. The number of rotatable bonds is 5. The first-order valence-electron chi connectivity index (χ1n) is 6.41. The molecule has 5 nitrogen and oxygen atoms in total. The van der Waals surface area contributed by atoms with E-state index in [1.54, 1.807) is 0 Å². The summed E-state index contributed by atoms with van der Waals surface area (Å²) in [5.41, 5.74) is 0.870. The number of likely N-dealkylation sites (N-methyl/N-ethyl adjacent to an activating group) is 1. The summed E-state index contributed by atoms with van der Waals surface area (Å²) in [4.78, 5) is 24.5. The molecule has 1 aliphatic heterocycles. The van der Waals surface area contributed by atoms with Gasteiger partial charge in [0.25, 0.3) is 0 Å². The lowest BCUT2D eigenvalue weighted by Gasteiger charge is -2.14. The van der Waals surface area contributed by atoms with Crippen LogP contribution in [0.25, 0.3) is 0 Å². The molecule has 0 aromatic heterocycles. The number of hydrogen-bond acceptors (Lipinski definition) is 4. The number of nitrogens with zero attached hydrogens (tertiary/aromatic N) is 1. The van der Waals surface area contributed by atoms with Crippen LogP contribution in [0.5, 0.6) is 5.75 Å². The lowest BCUT2D eigenvalue weighted by molar-refractivity contribution is -0.137. The quantitative estimate of drug-likeness (QED) is 0.642. The number of likely N-dealkylation sites (tertiary alicyclic amines) is 1. The highest BCUT2D eigenvalue weighted by Gasteiger charge is 2.35.